The van der Waals surface area contributed by atoms with Gasteiger partial charge in [0.2, 0.25) is 0 Å². The summed E-state index contributed by atoms with van der Waals surface area (Å²) in [6.45, 7) is 1.83. The minimum Gasteiger partial charge on any atom is -0.307 e. The standard InChI is InChI=1S/C2H6BCl4NSi/c1-3(4)2-8-9(5,6)7/h8H,2H2,1H3. The van der Waals surface area contributed by atoms with Gasteiger partial charge in [0.05, 0.1) is 0 Å². The molecule has 0 amide bonds. The molecule has 0 rings (SSSR count). The SMILES string of the molecule is CB(Cl)CN[Si](Cl)(Cl)Cl. The zero-order chi connectivity index (χ0) is 7.49. The first-order valence-electron chi connectivity index (χ1n) is 2.37. The lowest BCUT2D eigenvalue weighted by Gasteiger charge is -2.08. The van der Waals surface area contributed by atoms with Crippen molar-refractivity contribution in [3.63, 3.8) is 0 Å². The van der Waals surface area contributed by atoms with Crippen molar-refractivity contribution in [2.45, 2.75) is 6.82 Å². The highest BCUT2D eigenvalue weighted by molar-refractivity contribution is 7.63. The number of hydrogen-bond acceptors (Lipinski definition) is 1. The monoisotopic (exact) mass is 223 g/mol. The Morgan fingerprint density at radius 2 is 1.89 bits per heavy atom. The summed E-state index contributed by atoms with van der Waals surface area (Å²) in [6, 6.07) is 0. The van der Waals surface area contributed by atoms with Crippen molar-refractivity contribution in [2.24, 2.45) is 0 Å². The zero-order valence-electron chi connectivity index (χ0n) is 4.80. The maximum Gasteiger partial charge on any atom is 0.421 e. The Morgan fingerprint density at radius 3 is 2.00 bits per heavy atom. The van der Waals surface area contributed by atoms with Crippen LogP contribution in [0.15, 0.2) is 0 Å². The van der Waals surface area contributed by atoms with Crippen LogP contribution in [0.5, 0.6) is 0 Å². The van der Waals surface area contributed by atoms with Gasteiger partial charge in [0.1, 0.15) is 0 Å². The molecule has 0 aliphatic heterocycles. The third kappa shape index (κ3) is 9.40. The summed E-state index contributed by atoms with van der Waals surface area (Å²) >= 11 is 22.0. The predicted octanol–water partition coefficient (Wildman–Crippen LogP) is 2.13. The Hall–Kier alpha value is 1.40. The number of hydrogen-bond donors (Lipinski definition) is 1. The van der Waals surface area contributed by atoms with Crippen molar-refractivity contribution in [3.8, 4) is 0 Å². The van der Waals surface area contributed by atoms with Gasteiger partial charge in [0.25, 0.3) is 6.13 Å². The van der Waals surface area contributed by atoms with E-state index in [-0.39, 0.29) is 6.13 Å². The lowest BCUT2D eigenvalue weighted by molar-refractivity contribution is 1.16. The molecule has 1 N–H and O–H groups in total. The molecule has 0 saturated heterocycles. The van der Waals surface area contributed by atoms with Crippen molar-refractivity contribution >= 4 is 57.0 Å². The van der Waals surface area contributed by atoms with E-state index in [0.29, 0.717) is 6.44 Å². The van der Waals surface area contributed by atoms with E-state index in [4.69, 9.17) is 44.7 Å². The van der Waals surface area contributed by atoms with Crippen LogP contribution in [-0.2, 0) is 0 Å². The molecule has 0 atom stereocenters. The van der Waals surface area contributed by atoms with E-state index in [1.54, 1.807) is 0 Å². The Bertz CT molecular complexity index is 83.1. The van der Waals surface area contributed by atoms with Crippen LogP contribution in [0.3, 0.4) is 0 Å². The average molecular weight is 225 g/mol. The topological polar surface area (TPSA) is 12.0 Å². The number of nitrogens with one attached hydrogen (secondary N) is 1. The van der Waals surface area contributed by atoms with Gasteiger partial charge in [-0.1, -0.05) is 6.82 Å². The third-order valence-corrected chi connectivity index (χ3v) is 2.55. The summed E-state index contributed by atoms with van der Waals surface area (Å²) < 4.78 is 0. The maximum atomic E-state index is 5.57. The fraction of sp³-hybridized carbons (Fsp3) is 1.00. The van der Waals surface area contributed by atoms with E-state index in [0.717, 1.165) is 0 Å². The highest BCUT2D eigenvalue weighted by Crippen LogP contribution is 2.14. The van der Waals surface area contributed by atoms with E-state index in [1.807, 2.05) is 6.82 Å². The van der Waals surface area contributed by atoms with Crippen molar-refractivity contribution in [3.05, 3.63) is 0 Å². The molecule has 54 valence electrons. The van der Waals surface area contributed by atoms with Crippen LogP contribution in [-0.4, -0.2) is 18.7 Å². The second-order valence-corrected chi connectivity index (χ2v) is 10.6. The molecule has 0 saturated carbocycles. The van der Waals surface area contributed by atoms with Gasteiger partial charge in [0.15, 0.2) is 0 Å². The molecule has 0 unspecified atom stereocenters. The van der Waals surface area contributed by atoms with Crippen LogP contribution in [0.25, 0.3) is 0 Å². The van der Waals surface area contributed by atoms with Gasteiger partial charge in [-0.15, -0.1) is 33.2 Å². The first-order chi connectivity index (χ1) is 3.92. The van der Waals surface area contributed by atoms with Gasteiger partial charge in [0, 0.05) is 0 Å². The normalized spacial score (nSPS) is 11.7. The zero-order valence-corrected chi connectivity index (χ0v) is 8.82. The number of rotatable bonds is 3. The Morgan fingerprint density at radius 1 is 1.44 bits per heavy atom. The molecule has 0 heterocycles. The first kappa shape index (κ1) is 10.4. The molecule has 0 aliphatic rings. The predicted molar refractivity (Wildman–Crippen MR) is 48.8 cm³/mol. The summed E-state index contributed by atoms with van der Waals surface area (Å²) in [7, 11) is 0. The summed E-state index contributed by atoms with van der Waals surface area (Å²) in [5.74, 6) is 0. The largest absolute Gasteiger partial charge is 0.421 e. The van der Waals surface area contributed by atoms with E-state index >= 15 is 0 Å². The van der Waals surface area contributed by atoms with Crippen LogP contribution < -0.4 is 4.98 Å². The van der Waals surface area contributed by atoms with E-state index < -0.39 is 6.16 Å². The van der Waals surface area contributed by atoms with Crippen molar-refractivity contribution in [2.75, 3.05) is 6.44 Å². The molecule has 9 heavy (non-hydrogen) atoms. The molecular weight excluding hydrogens is 219 g/mol. The Labute approximate surface area is 75.2 Å². The molecule has 0 aromatic carbocycles. The highest BCUT2D eigenvalue weighted by atomic mass is 35.8. The second kappa shape index (κ2) is 4.32. The Kier molecular flexibility index (Phi) is 4.99. The van der Waals surface area contributed by atoms with Crippen LogP contribution in [0, 0.1) is 0 Å². The van der Waals surface area contributed by atoms with Gasteiger partial charge < -0.3 is 4.98 Å². The van der Waals surface area contributed by atoms with Gasteiger partial charge >= 0.3 is 6.16 Å². The van der Waals surface area contributed by atoms with Crippen LogP contribution >= 0.6 is 44.7 Å². The molecule has 0 aliphatic carbocycles. The van der Waals surface area contributed by atoms with E-state index in [1.165, 1.54) is 0 Å². The van der Waals surface area contributed by atoms with E-state index in [2.05, 4.69) is 4.98 Å². The second-order valence-electron chi connectivity index (χ2n) is 1.66. The molecule has 0 bridgehead atoms. The lowest BCUT2D eigenvalue weighted by Crippen LogP contribution is -2.39. The molecular formula is C2H6BCl4NSi. The lowest BCUT2D eigenvalue weighted by atomic mass is 9.81. The van der Waals surface area contributed by atoms with E-state index in [9.17, 15) is 0 Å². The summed E-state index contributed by atoms with van der Waals surface area (Å²) in [5, 5.41) is 0. The summed E-state index contributed by atoms with van der Waals surface area (Å²) in [4.78, 5) is 2.72. The van der Waals surface area contributed by atoms with Crippen LogP contribution in [0.2, 0.25) is 6.82 Å². The van der Waals surface area contributed by atoms with Gasteiger partial charge in [-0.3, -0.25) is 0 Å². The summed E-state index contributed by atoms with van der Waals surface area (Å²) in [6.07, 6.45) is -2.08. The molecule has 0 aromatic heterocycles. The van der Waals surface area contributed by atoms with Gasteiger partial charge in [-0.2, -0.15) is 11.5 Å². The summed E-state index contributed by atoms with van der Waals surface area (Å²) in [5.41, 5.74) is 0. The molecule has 0 aromatic rings. The molecule has 7 heteroatoms. The fourth-order valence-electron chi connectivity index (χ4n) is 0.256. The van der Waals surface area contributed by atoms with Crippen molar-refractivity contribution in [1.29, 1.82) is 0 Å². The fourth-order valence-corrected chi connectivity index (χ4v) is 1.69. The van der Waals surface area contributed by atoms with Gasteiger partial charge in [-0.05, 0) is 6.44 Å². The van der Waals surface area contributed by atoms with Crippen molar-refractivity contribution < 1.29 is 0 Å². The molecule has 0 radical (unpaired) electrons. The molecule has 1 nitrogen and oxygen atoms in total. The number of halogens is 4. The minimum absolute atomic E-state index is 0.00752. The first-order valence-corrected chi connectivity index (χ1v) is 7.85. The minimum atomic E-state index is -2.64. The quantitative estimate of drug-likeness (QED) is 0.572. The molecule has 0 spiro atoms. The van der Waals surface area contributed by atoms with Crippen molar-refractivity contribution in [1.82, 2.24) is 4.98 Å². The third-order valence-electron chi connectivity index (χ3n) is 0.584. The molecule has 0 fully saturated rings. The maximum absolute atomic E-state index is 5.57. The van der Waals surface area contributed by atoms with Gasteiger partial charge in [-0.25, -0.2) is 0 Å². The van der Waals surface area contributed by atoms with Crippen LogP contribution in [0.1, 0.15) is 0 Å². The Balaban J connectivity index is 3.28. The van der Waals surface area contributed by atoms with Crippen LogP contribution in [0.4, 0.5) is 0 Å². The average Bonchev–Trinajstić information content (AvgIpc) is 1.59. The highest BCUT2D eigenvalue weighted by Gasteiger charge is 2.25. The smallest absolute Gasteiger partial charge is 0.307 e.